The molecule has 37 heavy (non-hydrogen) atoms. The highest BCUT2D eigenvalue weighted by Crippen LogP contribution is 2.42. The van der Waals surface area contributed by atoms with E-state index in [2.05, 4.69) is 15.9 Å². The average molecular weight is 503 g/mol. The van der Waals surface area contributed by atoms with Crippen LogP contribution < -0.4 is 14.2 Å². The zero-order valence-electron chi connectivity index (χ0n) is 20.5. The van der Waals surface area contributed by atoms with E-state index in [9.17, 15) is 14.3 Å². The van der Waals surface area contributed by atoms with Gasteiger partial charge >= 0.3 is 0 Å². The van der Waals surface area contributed by atoms with Crippen molar-refractivity contribution < 1.29 is 28.5 Å². The van der Waals surface area contributed by atoms with Crippen LogP contribution in [0.5, 0.6) is 23.0 Å². The van der Waals surface area contributed by atoms with Crippen molar-refractivity contribution in [2.75, 3.05) is 33.0 Å². The number of piperazine rings is 1. The maximum atomic E-state index is 14.2. The van der Waals surface area contributed by atoms with Gasteiger partial charge in [-0.3, -0.25) is 14.6 Å². The minimum atomic E-state index is -0.430. The number of hydrogen-bond acceptors (Lipinski definition) is 7. The summed E-state index contributed by atoms with van der Waals surface area (Å²) in [5.41, 5.74) is 3.09. The number of rotatable bonds is 5. The number of hydrogen-bond donors (Lipinski definition) is 1. The number of benzene rings is 3. The third-order valence-corrected chi connectivity index (χ3v) is 7.10. The molecule has 6 rings (SSSR count). The van der Waals surface area contributed by atoms with Gasteiger partial charge in [0.05, 0.1) is 11.1 Å². The Kier molecular flexibility index (Phi) is 6.06. The van der Waals surface area contributed by atoms with Gasteiger partial charge in [0.2, 0.25) is 12.6 Å². The number of fused-ring (bicyclic) bond motifs is 2. The second-order valence-electron chi connectivity index (χ2n) is 9.60. The van der Waals surface area contributed by atoms with Crippen LogP contribution in [0.15, 0.2) is 54.3 Å². The van der Waals surface area contributed by atoms with Crippen LogP contribution in [0.1, 0.15) is 32.6 Å². The van der Waals surface area contributed by atoms with E-state index >= 15 is 0 Å². The molecule has 0 spiro atoms. The van der Waals surface area contributed by atoms with E-state index in [1.807, 2.05) is 12.1 Å². The van der Waals surface area contributed by atoms with Gasteiger partial charge in [0.25, 0.3) is 0 Å². The van der Waals surface area contributed by atoms with Gasteiger partial charge in [0, 0.05) is 44.8 Å². The van der Waals surface area contributed by atoms with Gasteiger partial charge < -0.3 is 19.3 Å². The molecule has 3 aliphatic heterocycles. The zero-order chi connectivity index (χ0) is 25.5. The van der Waals surface area contributed by atoms with Crippen LogP contribution in [0, 0.1) is 12.7 Å². The highest BCUT2D eigenvalue weighted by atomic mass is 19.1. The minimum absolute atomic E-state index is 0.0589. The van der Waals surface area contributed by atoms with Crippen molar-refractivity contribution in [1.29, 1.82) is 0 Å². The number of Topliss-reactive ketones (excluding diaryl/α,β-unsaturated/α-hetero) is 1. The van der Waals surface area contributed by atoms with Gasteiger partial charge in [-0.25, -0.2) is 4.39 Å². The molecule has 3 aromatic carbocycles. The Bertz CT molecular complexity index is 1410. The number of aryl methyl sites for hydroxylation is 1. The van der Waals surface area contributed by atoms with E-state index < -0.39 is 5.82 Å². The first-order valence-corrected chi connectivity index (χ1v) is 12.3. The molecule has 0 bridgehead atoms. The Hall–Kier alpha value is -3.88. The number of nitrogens with zero attached hydrogens (tertiary/aromatic N) is 2. The molecule has 0 unspecified atom stereocenters. The number of aromatic hydroxyl groups is 1. The minimum Gasteiger partial charge on any atom is -0.507 e. The van der Waals surface area contributed by atoms with Crippen molar-refractivity contribution in [1.82, 2.24) is 9.80 Å². The summed E-state index contributed by atoms with van der Waals surface area (Å²) >= 11 is 0. The summed E-state index contributed by atoms with van der Waals surface area (Å²) in [6.45, 7) is 6.64. The molecule has 190 valence electrons. The molecular formula is C29H27FN2O5. The standard InChI is InChI=1S/C29H27FN2O5/c1-18-12-23(33)21(29-27(18)28(34)26(37-29)14-20-4-2-3-5-22(20)30)16-32-10-8-31(9-11-32)15-19-6-7-24-25(13-19)36-17-35-24/h2-7,12-14,33H,8-11,15-17H2,1H3/b26-14-. The molecule has 3 aliphatic rings. The van der Waals surface area contributed by atoms with Crippen molar-refractivity contribution in [2.45, 2.75) is 20.0 Å². The lowest BCUT2D eigenvalue weighted by atomic mass is 9.99. The van der Waals surface area contributed by atoms with Crippen LogP contribution >= 0.6 is 0 Å². The summed E-state index contributed by atoms with van der Waals surface area (Å²) in [5.74, 6) is 1.37. The predicted octanol–water partition coefficient (Wildman–Crippen LogP) is 4.50. The highest BCUT2D eigenvalue weighted by Gasteiger charge is 2.34. The molecule has 7 nitrogen and oxygen atoms in total. The van der Waals surface area contributed by atoms with Crippen LogP contribution in [0.3, 0.4) is 0 Å². The summed E-state index contributed by atoms with van der Waals surface area (Å²) in [6.07, 6.45) is 1.42. The van der Waals surface area contributed by atoms with Gasteiger partial charge in [-0.15, -0.1) is 0 Å². The normalized spacial score (nSPS) is 18.3. The number of ether oxygens (including phenoxy) is 3. The Balaban J connectivity index is 1.16. The fourth-order valence-corrected chi connectivity index (χ4v) is 5.09. The molecule has 0 amide bonds. The largest absolute Gasteiger partial charge is 0.507 e. The lowest BCUT2D eigenvalue weighted by Crippen LogP contribution is -2.45. The van der Waals surface area contributed by atoms with E-state index in [1.54, 1.807) is 31.2 Å². The van der Waals surface area contributed by atoms with Crippen molar-refractivity contribution in [3.8, 4) is 23.0 Å². The maximum absolute atomic E-state index is 14.2. The fourth-order valence-electron chi connectivity index (χ4n) is 5.09. The molecule has 1 N–H and O–H groups in total. The van der Waals surface area contributed by atoms with E-state index in [1.165, 1.54) is 17.7 Å². The summed E-state index contributed by atoms with van der Waals surface area (Å²) in [5, 5.41) is 10.8. The number of phenols is 1. The first kappa shape index (κ1) is 23.5. The quantitative estimate of drug-likeness (QED) is 0.515. The van der Waals surface area contributed by atoms with Gasteiger partial charge in [0.1, 0.15) is 17.3 Å². The molecule has 0 aliphatic carbocycles. The molecule has 3 heterocycles. The van der Waals surface area contributed by atoms with E-state index in [0.29, 0.717) is 29.0 Å². The molecule has 0 saturated carbocycles. The Morgan fingerprint density at radius 1 is 0.973 bits per heavy atom. The molecule has 0 atom stereocenters. The molecule has 1 saturated heterocycles. The molecule has 8 heteroatoms. The number of ketones is 1. The van der Waals surface area contributed by atoms with Gasteiger partial charge in [-0.1, -0.05) is 24.3 Å². The zero-order valence-corrected chi connectivity index (χ0v) is 20.5. The van der Waals surface area contributed by atoms with Crippen molar-refractivity contribution in [3.05, 3.63) is 87.9 Å². The number of carbonyl (C=O) groups excluding carboxylic acids is 1. The maximum Gasteiger partial charge on any atom is 0.232 e. The van der Waals surface area contributed by atoms with Crippen molar-refractivity contribution in [3.63, 3.8) is 0 Å². The summed E-state index contributed by atoms with van der Waals surface area (Å²) in [7, 11) is 0. The summed E-state index contributed by atoms with van der Waals surface area (Å²) < 4.78 is 31.0. The lowest BCUT2D eigenvalue weighted by molar-refractivity contribution is 0.101. The molecule has 3 aromatic rings. The second kappa shape index (κ2) is 9.53. The highest BCUT2D eigenvalue weighted by molar-refractivity contribution is 6.15. The Morgan fingerprint density at radius 3 is 2.49 bits per heavy atom. The van der Waals surface area contributed by atoms with Gasteiger partial charge in [-0.2, -0.15) is 0 Å². The Labute approximate surface area is 214 Å². The third kappa shape index (κ3) is 4.54. The molecule has 0 aromatic heterocycles. The van der Waals surface area contributed by atoms with Crippen LogP contribution in [0.4, 0.5) is 4.39 Å². The smallest absolute Gasteiger partial charge is 0.232 e. The second-order valence-corrected chi connectivity index (χ2v) is 9.60. The van der Waals surface area contributed by atoms with Crippen molar-refractivity contribution >= 4 is 11.9 Å². The van der Waals surface area contributed by atoms with E-state index in [-0.39, 0.29) is 29.6 Å². The number of phenolic OH excluding ortho intramolecular Hbond substituents is 1. The first-order chi connectivity index (χ1) is 18.0. The monoisotopic (exact) mass is 502 g/mol. The third-order valence-electron chi connectivity index (χ3n) is 7.10. The first-order valence-electron chi connectivity index (χ1n) is 12.3. The van der Waals surface area contributed by atoms with Gasteiger partial charge in [-0.05, 0) is 48.4 Å². The molecule has 0 radical (unpaired) electrons. The predicted molar refractivity (Wildman–Crippen MR) is 135 cm³/mol. The molecule has 1 fully saturated rings. The summed E-state index contributed by atoms with van der Waals surface area (Å²) in [6, 6.07) is 13.9. The Morgan fingerprint density at radius 2 is 1.70 bits per heavy atom. The van der Waals surface area contributed by atoms with Crippen LogP contribution in [0.2, 0.25) is 0 Å². The number of carbonyl (C=O) groups is 1. The van der Waals surface area contributed by atoms with E-state index in [4.69, 9.17) is 14.2 Å². The summed E-state index contributed by atoms with van der Waals surface area (Å²) in [4.78, 5) is 17.8. The lowest BCUT2D eigenvalue weighted by Gasteiger charge is -2.35. The van der Waals surface area contributed by atoms with Gasteiger partial charge in [0.15, 0.2) is 17.3 Å². The van der Waals surface area contributed by atoms with Crippen LogP contribution in [-0.4, -0.2) is 53.7 Å². The average Bonchev–Trinajstić information content (AvgIpc) is 3.48. The number of halogens is 1. The fraction of sp³-hybridized carbons (Fsp3) is 0.276. The molecular weight excluding hydrogens is 475 g/mol. The SMILES string of the molecule is Cc1cc(O)c(CN2CCN(Cc3ccc4c(c3)OCO4)CC2)c2c1C(=O)/C(=C/c1ccccc1F)O2. The topological polar surface area (TPSA) is 71.5 Å². The van der Waals surface area contributed by atoms with E-state index in [0.717, 1.165) is 44.2 Å². The van der Waals surface area contributed by atoms with Crippen LogP contribution in [0.25, 0.3) is 6.08 Å². The van der Waals surface area contributed by atoms with Crippen molar-refractivity contribution in [2.24, 2.45) is 0 Å². The van der Waals surface area contributed by atoms with Crippen LogP contribution in [-0.2, 0) is 13.1 Å². The number of allylic oxidation sites excluding steroid dienone is 1.